The number of esters is 1. The Balaban J connectivity index is 2.00. The summed E-state index contributed by atoms with van der Waals surface area (Å²) in [5.41, 5.74) is 0.589. The molecule has 0 aliphatic carbocycles. The molecule has 0 saturated carbocycles. The third kappa shape index (κ3) is 5.44. The first-order valence-corrected chi connectivity index (χ1v) is 10.3. The Morgan fingerprint density at radius 2 is 1.75 bits per heavy atom. The van der Waals surface area contributed by atoms with Crippen LogP contribution in [0.1, 0.15) is 22.8 Å². The zero-order chi connectivity index (χ0) is 23.1. The molecule has 0 radical (unpaired) electrons. The Labute approximate surface area is 187 Å². The van der Waals surface area contributed by atoms with Crippen molar-refractivity contribution in [1.82, 2.24) is 0 Å². The van der Waals surface area contributed by atoms with Crippen LogP contribution >= 0.6 is 11.8 Å². The van der Waals surface area contributed by atoms with Gasteiger partial charge in [-0.3, -0.25) is 4.79 Å². The number of aliphatic imine (C=N–C) groups is 1. The summed E-state index contributed by atoms with van der Waals surface area (Å²) < 4.78 is 10.3. The number of carbonyl (C=O) groups is 3. The molecule has 2 aromatic rings. The minimum Gasteiger partial charge on any atom is -0.506 e. The fourth-order valence-electron chi connectivity index (χ4n) is 2.74. The molecule has 8 nitrogen and oxygen atoms in total. The first-order chi connectivity index (χ1) is 15.4. The summed E-state index contributed by atoms with van der Waals surface area (Å²) in [6, 6.07) is 14.9. The fourth-order valence-corrected chi connectivity index (χ4v) is 3.74. The zero-order valence-electron chi connectivity index (χ0n) is 17.0. The lowest BCUT2D eigenvalue weighted by atomic mass is 10.1. The predicted molar refractivity (Wildman–Crippen MR) is 120 cm³/mol. The lowest BCUT2D eigenvalue weighted by molar-refractivity contribution is -0.139. The van der Waals surface area contributed by atoms with Gasteiger partial charge in [0.25, 0.3) is 5.91 Å². The number of aliphatic carboxylic acids is 1. The van der Waals surface area contributed by atoms with Crippen molar-refractivity contribution in [3.05, 3.63) is 82.0 Å². The van der Waals surface area contributed by atoms with E-state index in [1.165, 1.54) is 6.08 Å². The topological polar surface area (TPSA) is 122 Å². The molecule has 0 fully saturated rings. The van der Waals surface area contributed by atoms with Crippen LogP contribution in [0.2, 0.25) is 0 Å². The Hall–Kier alpha value is -3.85. The summed E-state index contributed by atoms with van der Waals surface area (Å²) in [7, 11) is 0. The Bertz CT molecular complexity index is 1140. The molecule has 164 valence electrons. The van der Waals surface area contributed by atoms with Crippen molar-refractivity contribution in [3.63, 3.8) is 0 Å². The van der Waals surface area contributed by atoms with E-state index in [-0.39, 0.29) is 33.6 Å². The van der Waals surface area contributed by atoms with E-state index in [0.717, 1.165) is 11.8 Å². The smallest absolute Gasteiger partial charge is 0.344 e. The van der Waals surface area contributed by atoms with Gasteiger partial charge in [0.2, 0.25) is 0 Å². The van der Waals surface area contributed by atoms with Crippen molar-refractivity contribution < 1.29 is 34.1 Å². The summed E-state index contributed by atoms with van der Waals surface area (Å²) in [5.74, 6) is -2.63. The molecule has 1 heterocycles. The number of hydrogen-bond donors (Lipinski definition) is 2. The van der Waals surface area contributed by atoms with Gasteiger partial charge in [-0.15, -0.1) is 0 Å². The van der Waals surface area contributed by atoms with Crippen LogP contribution in [0.15, 0.2) is 75.8 Å². The highest BCUT2D eigenvalue weighted by molar-refractivity contribution is 8.18. The van der Waals surface area contributed by atoms with Crippen LogP contribution in [0.25, 0.3) is 6.08 Å². The maximum absolute atomic E-state index is 12.5. The highest BCUT2D eigenvalue weighted by atomic mass is 32.2. The second kappa shape index (κ2) is 10.5. The minimum absolute atomic E-state index is 0.00462. The quantitative estimate of drug-likeness (QED) is 0.606. The van der Waals surface area contributed by atoms with Crippen LogP contribution in [-0.4, -0.2) is 46.3 Å². The number of ether oxygens (including phenoxy) is 2. The van der Waals surface area contributed by atoms with Crippen LogP contribution in [-0.2, 0) is 14.3 Å². The number of carboxylic acids is 1. The summed E-state index contributed by atoms with van der Waals surface area (Å²) in [6.45, 7) is 1.16. The van der Waals surface area contributed by atoms with Crippen LogP contribution in [0.5, 0.6) is 5.75 Å². The maximum atomic E-state index is 12.5. The van der Waals surface area contributed by atoms with Gasteiger partial charge in [-0.2, -0.15) is 0 Å². The van der Waals surface area contributed by atoms with Gasteiger partial charge in [0, 0.05) is 11.1 Å². The van der Waals surface area contributed by atoms with Crippen molar-refractivity contribution in [3.8, 4) is 5.75 Å². The van der Waals surface area contributed by atoms with Crippen LogP contribution in [0.3, 0.4) is 0 Å². The van der Waals surface area contributed by atoms with E-state index >= 15 is 0 Å². The second-order valence-electron chi connectivity index (χ2n) is 6.36. The Morgan fingerprint density at radius 1 is 1.06 bits per heavy atom. The Kier molecular flexibility index (Phi) is 7.45. The van der Waals surface area contributed by atoms with Gasteiger partial charge < -0.3 is 19.7 Å². The minimum atomic E-state index is -1.14. The molecule has 2 N–H and O–H groups in total. The standard InChI is InChI=1S/C23H19NO7S/c1-2-30-23(29)19-20(27)17(12-15-10-6-7-11-16(15)31-13-18(25)26)32-22(19)24-21(28)14-8-4-3-5-9-14/h3-12,27H,2,13H2,1H3,(H,25,26)/b17-12-,24-22?. The third-order valence-electron chi connectivity index (χ3n) is 4.15. The molecule has 2 aromatic carbocycles. The van der Waals surface area contributed by atoms with E-state index in [1.807, 2.05) is 0 Å². The van der Waals surface area contributed by atoms with Crippen LogP contribution in [0.4, 0.5) is 0 Å². The van der Waals surface area contributed by atoms with E-state index in [2.05, 4.69) is 4.99 Å². The third-order valence-corrected chi connectivity index (χ3v) is 5.17. The zero-order valence-corrected chi connectivity index (χ0v) is 17.8. The lowest BCUT2D eigenvalue weighted by Crippen LogP contribution is -2.14. The number of hydrogen-bond acceptors (Lipinski definition) is 7. The number of para-hydroxylation sites is 1. The first kappa shape index (κ1) is 22.8. The summed E-state index contributed by atoms with van der Waals surface area (Å²) in [4.78, 5) is 40.1. The van der Waals surface area contributed by atoms with E-state index in [9.17, 15) is 19.5 Å². The molecular weight excluding hydrogens is 434 g/mol. The number of amides is 1. The lowest BCUT2D eigenvalue weighted by Gasteiger charge is -2.07. The molecule has 0 spiro atoms. The van der Waals surface area contributed by atoms with E-state index < -0.39 is 24.5 Å². The molecule has 0 aromatic heterocycles. The molecule has 32 heavy (non-hydrogen) atoms. The molecule has 1 amide bonds. The molecule has 3 rings (SSSR count). The van der Waals surface area contributed by atoms with Gasteiger partial charge in [0.05, 0.1) is 11.5 Å². The Morgan fingerprint density at radius 3 is 2.44 bits per heavy atom. The van der Waals surface area contributed by atoms with Gasteiger partial charge >= 0.3 is 11.9 Å². The normalized spacial score (nSPS) is 15.8. The summed E-state index contributed by atoms with van der Waals surface area (Å²) >= 11 is 0.925. The largest absolute Gasteiger partial charge is 0.506 e. The SMILES string of the molecule is CCOC(=O)C1=C(O)/C(=C/c2ccccc2OCC(=O)O)SC1=NC(=O)c1ccccc1. The highest BCUT2D eigenvalue weighted by Crippen LogP contribution is 2.40. The highest BCUT2D eigenvalue weighted by Gasteiger charge is 2.34. The van der Waals surface area contributed by atoms with Crippen molar-refractivity contribution in [2.45, 2.75) is 6.92 Å². The average molecular weight is 453 g/mol. The molecule has 1 aliphatic heterocycles. The number of benzene rings is 2. The van der Waals surface area contributed by atoms with Crippen LogP contribution in [0, 0.1) is 0 Å². The molecule has 0 atom stereocenters. The van der Waals surface area contributed by atoms with Gasteiger partial charge in [0.1, 0.15) is 22.1 Å². The first-order valence-electron chi connectivity index (χ1n) is 9.53. The monoisotopic (exact) mass is 453 g/mol. The second-order valence-corrected chi connectivity index (χ2v) is 7.39. The van der Waals surface area contributed by atoms with Gasteiger partial charge in [-0.25, -0.2) is 14.6 Å². The van der Waals surface area contributed by atoms with E-state index in [0.29, 0.717) is 11.1 Å². The molecule has 0 unspecified atom stereocenters. The predicted octanol–water partition coefficient (Wildman–Crippen LogP) is 3.85. The summed E-state index contributed by atoms with van der Waals surface area (Å²) in [6.07, 6.45) is 1.52. The number of aliphatic hydroxyl groups excluding tert-OH is 1. The molecule has 1 aliphatic rings. The van der Waals surface area contributed by atoms with Gasteiger partial charge in [-0.05, 0) is 31.2 Å². The molecule has 0 bridgehead atoms. The number of aliphatic hydroxyl groups is 1. The van der Waals surface area contributed by atoms with Gasteiger partial charge in [0.15, 0.2) is 6.61 Å². The number of carboxylic acid groups (broad SMARTS) is 1. The van der Waals surface area contributed by atoms with Crippen molar-refractivity contribution in [1.29, 1.82) is 0 Å². The number of carbonyl (C=O) groups excluding carboxylic acids is 2. The van der Waals surface area contributed by atoms with Crippen molar-refractivity contribution in [2.24, 2.45) is 4.99 Å². The number of thioether (sulfide) groups is 1. The maximum Gasteiger partial charge on any atom is 0.344 e. The van der Waals surface area contributed by atoms with Crippen molar-refractivity contribution >= 4 is 40.7 Å². The average Bonchev–Trinajstić information content (AvgIpc) is 3.08. The van der Waals surface area contributed by atoms with E-state index in [1.54, 1.807) is 61.5 Å². The van der Waals surface area contributed by atoms with Crippen LogP contribution < -0.4 is 4.74 Å². The van der Waals surface area contributed by atoms with Crippen molar-refractivity contribution in [2.75, 3.05) is 13.2 Å². The molecule has 9 heteroatoms. The number of nitrogens with zero attached hydrogens (tertiary/aromatic N) is 1. The van der Waals surface area contributed by atoms with E-state index in [4.69, 9.17) is 14.6 Å². The number of rotatable bonds is 7. The summed E-state index contributed by atoms with van der Waals surface area (Å²) in [5, 5.41) is 19.6. The fraction of sp³-hybridized carbons (Fsp3) is 0.130. The molecule has 0 saturated heterocycles. The molecular formula is C23H19NO7S. The van der Waals surface area contributed by atoms with Gasteiger partial charge in [-0.1, -0.05) is 48.2 Å².